The Morgan fingerprint density at radius 3 is 2.63 bits per heavy atom. The topological polar surface area (TPSA) is 26.3 Å². The molecule has 1 rings (SSSR count). The minimum Gasteiger partial charge on any atom is -0.374 e. The van der Waals surface area contributed by atoms with E-state index >= 15 is 0 Å². The molecule has 0 aliphatic heterocycles. The van der Waals surface area contributed by atoms with Gasteiger partial charge in [0.1, 0.15) is 0 Å². The van der Waals surface area contributed by atoms with Gasteiger partial charge in [0.25, 0.3) is 0 Å². The van der Waals surface area contributed by atoms with Crippen LogP contribution in [0, 0.1) is 0 Å². The minimum absolute atomic E-state index is 0.0729. The first kappa shape index (κ1) is 16.2. The largest absolute Gasteiger partial charge is 0.374 e. The van der Waals surface area contributed by atoms with E-state index in [1.165, 1.54) is 12.8 Å². The molecular weight excluding hydrogens is 260 g/mol. The molecule has 3 heteroatoms. The summed E-state index contributed by atoms with van der Waals surface area (Å²) in [7, 11) is 0. The Bertz CT molecular complexity index is 390. The molecule has 2 nitrogen and oxygen atoms in total. The Hall–Kier alpha value is -0.860. The van der Waals surface area contributed by atoms with Gasteiger partial charge in [-0.1, -0.05) is 50.5 Å². The molecule has 0 N–H and O–H groups in total. The quantitative estimate of drug-likeness (QED) is 0.487. The number of ether oxygens (including phenoxy) is 1. The lowest BCUT2D eigenvalue weighted by Gasteiger charge is -2.20. The minimum atomic E-state index is -0.323. The van der Waals surface area contributed by atoms with E-state index in [1.54, 1.807) is 0 Å². The van der Waals surface area contributed by atoms with Gasteiger partial charge in [0.15, 0.2) is 0 Å². The predicted molar refractivity (Wildman–Crippen MR) is 79.5 cm³/mol. The molecular formula is C16H23ClO2. The highest BCUT2D eigenvalue weighted by Gasteiger charge is 2.16. The maximum Gasteiger partial charge on any atom is 0.226 e. The number of benzene rings is 1. The van der Waals surface area contributed by atoms with Crippen molar-refractivity contribution in [1.82, 2.24) is 0 Å². The van der Waals surface area contributed by atoms with Crippen LogP contribution in [0.4, 0.5) is 0 Å². The molecule has 0 saturated carbocycles. The van der Waals surface area contributed by atoms with Gasteiger partial charge in [0, 0.05) is 13.0 Å². The summed E-state index contributed by atoms with van der Waals surface area (Å²) in [6.45, 7) is 4.87. The normalized spacial score (nSPS) is 12.4. The van der Waals surface area contributed by atoms with E-state index in [-0.39, 0.29) is 17.8 Å². The fraction of sp³-hybridized carbons (Fsp3) is 0.562. The first-order valence-corrected chi connectivity index (χ1v) is 7.44. The van der Waals surface area contributed by atoms with Crippen LogP contribution >= 0.6 is 11.6 Å². The van der Waals surface area contributed by atoms with Gasteiger partial charge >= 0.3 is 0 Å². The Morgan fingerprint density at radius 2 is 2.00 bits per heavy atom. The van der Waals surface area contributed by atoms with Gasteiger partial charge in [0.2, 0.25) is 5.24 Å². The Balaban J connectivity index is 2.84. The van der Waals surface area contributed by atoms with Crippen LogP contribution in [0.5, 0.6) is 0 Å². The van der Waals surface area contributed by atoms with Crippen molar-refractivity contribution in [2.24, 2.45) is 0 Å². The lowest BCUT2D eigenvalue weighted by atomic mass is 9.96. The fourth-order valence-corrected chi connectivity index (χ4v) is 2.41. The molecule has 0 amide bonds. The highest BCUT2D eigenvalue weighted by Crippen LogP contribution is 2.27. The van der Waals surface area contributed by atoms with Gasteiger partial charge in [-0.2, -0.15) is 0 Å². The van der Waals surface area contributed by atoms with E-state index in [9.17, 15) is 4.79 Å². The van der Waals surface area contributed by atoms with E-state index in [1.807, 2.05) is 31.2 Å². The Morgan fingerprint density at radius 1 is 1.26 bits per heavy atom. The number of carbonyl (C=O) groups excluding carboxylic acids is 1. The van der Waals surface area contributed by atoms with Crippen LogP contribution in [0.2, 0.25) is 0 Å². The van der Waals surface area contributed by atoms with Crippen LogP contribution in [0.1, 0.15) is 56.8 Å². The summed E-state index contributed by atoms with van der Waals surface area (Å²) < 4.78 is 5.84. The fourth-order valence-electron chi connectivity index (χ4n) is 2.27. The third-order valence-corrected chi connectivity index (χ3v) is 3.30. The van der Waals surface area contributed by atoms with Gasteiger partial charge in [-0.25, -0.2) is 0 Å². The molecule has 0 fully saturated rings. The summed E-state index contributed by atoms with van der Waals surface area (Å²) in [6.07, 6.45) is 4.89. The summed E-state index contributed by atoms with van der Waals surface area (Å²) in [5, 5.41) is -0.323. The van der Waals surface area contributed by atoms with E-state index in [4.69, 9.17) is 16.3 Å². The third-order valence-electron chi connectivity index (χ3n) is 3.17. The molecule has 1 atom stereocenters. The number of rotatable bonds is 9. The molecule has 0 heterocycles. The number of unbranched alkanes of at least 4 members (excludes halogenated alkanes) is 2. The molecule has 0 radical (unpaired) electrons. The van der Waals surface area contributed by atoms with Gasteiger partial charge in [-0.15, -0.1) is 0 Å². The first-order chi connectivity index (χ1) is 9.19. The number of halogens is 1. The third kappa shape index (κ3) is 5.75. The molecule has 0 aromatic heterocycles. The molecule has 106 valence electrons. The molecule has 0 spiro atoms. The highest BCUT2D eigenvalue weighted by molar-refractivity contribution is 6.63. The van der Waals surface area contributed by atoms with Crippen LogP contribution in [-0.2, 0) is 16.0 Å². The molecule has 0 aliphatic carbocycles. The zero-order chi connectivity index (χ0) is 14.1. The monoisotopic (exact) mass is 282 g/mol. The maximum absolute atomic E-state index is 11.1. The zero-order valence-corrected chi connectivity index (χ0v) is 12.6. The Kier molecular flexibility index (Phi) is 7.76. The lowest BCUT2D eigenvalue weighted by Crippen LogP contribution is -2.09. The van der Waals surface area contributed by atoms with Crippen LogP contribution in [0.25, 0.3) is 0 Å². The van der Waals surface area contributed by atoms with E-state index in [0.29, 0.717) is 6.61 Å². The van der Waals surface area contributed by atoms with E-state index < -0.39 is 0 Å². The van der Waals surface area contributed by atoms with Crippen molar-refractivity contribution < 1.29 is 9.53 Å². The molecule has 1 unspecified atom stereocenters. The first-order valence-electron chi connectivity index (χ1n) is 7.06. The Labute approximate surface area is 121 Å². The zero-order valence-electron chi connectivity index (χ0n) is 11.8. The van der Waals surface area contributed by atoms with Gasteiger partial charge in [0.05, 0.1) is 6.10 Å². The van der Waals surface area contributed by atoms with Crippen LogP contribution in [0.15, 0.2) is 24.3 Å². The van der Waals surface area contributed by atoms with Crippen LogP contribution < -0.4 is 0 Å². The summed E-state index contributed by atoms with van der Waals surface area (Å²) in [6, 6.07) is 7.93. The SMILES string of the molecule is CCCCCC(OCC)c1ccccc1CC(=O)Cl. The highest BCUT2D eigenvalue weighted by atomic mass is 35.5. The summed E-state index contributed by atoms with van der Waals surface area (Å²) in [5.41, 5.74) is 2.09. The number of hydrogen-bond acceptors (Lipinski definition) is 2. The van der Waals surface area contributed by atoms with Crippen molar-refractivity contribution in [3.63, 3.8) is 0 Å². The van der Waals surface area contributed by atoms with Crippen LogP contribution in [0.3, 0.4) is 0 Å². The maximum atomic E-state index is 11.1. The summed E-state index contributed by atoms with van der Waals surface area (Å²) in [5.74, 6) is 0. The van der Waals surface area contributed by atoms with E-state index in [2.05, 4.69) is 6.92 Å². The van der Waals surface area contributed by atoms with Crippen molar-refractivity contribution in [1.29, 1.82) is 0 Å². The van der Waals surface area contributed by atoms with Gasteiger partial charge in [-0.3, -0.25) is 4.79 Å². The molecule has 0 aliphatic rings. The van der Waals surface area contributed by atoms with Crippen LogP contribution in [-0.4, -0.2) is 11.8 Å². The van der Waals surface area contributed by atoms with Crippen molar-refractivity contribution in [3.05, 3.63) is 35.4 Å². The van der Waals surface area contributed by atoms with Gasteiger partial charge < -0.3 is 4.74 Å². The second kappa shape index (κ2) is 9.11. The smallest absolute Gasteiger partial charge is 0.226 e. The van der Waals surface area contributed by atoms with Gasteiger partial charge in [-0.05, 0) is 36.1 Å². The standard InChI is InChI=1S/C16H23ClO2/c1-3-5-6-11-15(19-4-2)14-10-8-7-9-13(14)12-16(17)18/h7-10,15H,3-6,11-12H2,1-2H3. The van der Waals surface area contributed by atoms with Crippen molar-refractivity contribution >= 4 is 16.8 Å². The molecule has 1 aromatic carbocycles. The second-order valence-corrected chi connectivity index (χ2v) is 5.09. The number of carbonyl (C=O) groups is 1. The second-order valence-electron chi connectivity index (χ2n) is 4.67. The van der Waals surface area contributed by atoms with Crippen molar-refractivity contribution in [2.45, 2.75) is 52.1 Å². The van der Waals surface area contributed by atoms with Crippen molar-refractivity contribution in [2.75, 3.05) is 6.61 Å². The summed E-state index contributed by atoms with van der Waals surface area (Å²) in [4.78, 5) is 11.1. The summed E-state index contributed by atoms with van der Waals surface area (Å²) >= 11 is 5.51. The number of hydrogen-bond donors (Lipinski definition) is 0. The molecule has 1 aromatic rings. The average Bonchev–Trinajstić information content (AvgIpc) is 2.38. The predicted octanol–water partition coefficient (Wildman–Crippen LogP) is 4.65. The molecule has 0 bridgehead atoms. The average molecular weight is 283 g/mol. The molecule has 19 heavy (non-hydrogen) atoms. The van der Waals surface area contributed by atoms with Crippen molar-refractivity contribution in [3.8, 4) is 0 Å². The van der Waals surface area contributed by atoms with E-state index in [0.717, 1.165) is 24.0 Å². The lowest BCUT2D eigenvalue weighted by molar-refractivity contribution is -0.111. The molecule has 0 saturated heterocycles.